The second kappa shape index (κ2) is 5.41. The largest absolute Gasteiger partial charge is 0.462 e. The maximum Gasteiger partial charge on any atom is 0.136 e. The molecule has 0 aliphatic rings. The molecule has 1 N–H and O–H groups in total. The van der Waals surface area contributed by atoms with E-state index in [0.717, 1.165) is 22.3 Å². The average molecular weight is 285 g/mol. The number of hydrogen-bond donors (Lipinski definition) is 1. The minimum absolute atomic E-state index is 0.893. The fourth-order valence-corrected chi connectivity index (χ4v) is 2.64. The van der Waals surface area contributed by atoms with Crippen molar-refractivity contribution in [3.8, 4) is 11.1 Å². The first-order valence-electron chi connectivity index (χ1n) is 7.29. The standard InChI is InChI=1S/C20H15NO/c1-2-7-15(8-3-1)16-9-6-10-17(13-16)21-19-14-22-20-12-5-4-11-18(19)20/h1-14,21H. The monoisotopic (exact) mass is 285 g/mol. The number of nitrogens with one attached hydrogen (secondary N) is 1. The van der Waals surface area contributed by atoms with Gasteiger partial charge in [0.1, 0.15) is 11.8 Å². The van der Waals surface area contributed by atoms with Crippen LogP contribution in [0, 0.1) is 0 Å². The maximum absolute atomic E-state index is 5.57. The number of rotatable bonds is 3. The van der Waals surface area contributed by atoms with Gasteiger partial charge in [0.25, 0.3) is 0 Å². The molecule has 4 rings (SSSR count). The Balaban J connectivity index is 1.69. The zero-order valence-electron chi connectivity index (χ0n) is 12.0. The molecule has 2 heteroatoms. The van der Waals surface area contributed by atoms with Gasteiger partial charge in [-0.25, -0.2) is 0 Å². The first-order valence-corrected chi connectivity index (χ1v) is 7.29. The minimum Gasteiger partial charge on any atom is -0.462 e. The fourth-order valence-electron chi connectivity index (χ4n) is 2.64. The minimum atomic E-state index is 0.893. The first-order chi connectivity index (χ1) is 10.9. The van der Waals surface area contributed by atoms with Crippen LogP contribution in [0.4, 0.5) is 11.4 Å². The topological polar surface area (TPSA) is 25.2 Å². The van der Waals surface area contributed by atoms with E-state index in [1.165, 1.54) is 11.1 Å². The summed E-state index contributed by atoms with van der Waals surface area (Å²) >= 11 is 0. The van der Waals surface area contributed by atoms with E-state index < -0.39 is 0 Å². The van der Waals surface area contributed by atoms with Crippen molar-refractivity contribution in [2.45, 2.75) is 0 Å². The predicted molar refractivity (Wildman–Crippen MR) is 91.4 cm³/mol. The highest BCUT2D eigenvalue weighted by Gasteiger charge is 2.05. The molecule has 0 aliphatic carbocycles. The average Bonchev–Trinajstić information content (AvgIpc) is 2.99. The maximum atomic E-state index is 5.57. The third-order valence-corrected chi connectivity index (χ3v) is 3.73. The lowest BCUT2D eigenvalue weighted by Crippen LogP contribution is -1.89. The molecule has 0 fully saturated rings. The molecule has 3 aromatic carbocycles. The summed E-state index contributed by atoms with van der Waals surface area (Å²) in [6.07, 6.45) is 1.76. The number of furan rings is 1. The zero-order valence-corrected chi connectivity index (χ0v) is 12.0. The number of para-hydroxylation sites is 1. The first kappa shape index (κ1) is 12.7. The molecule has 106 valence electrons. The van der Waals surface area contributed by atoms with Crippen LogP contribution in [0.1, 0.15) is 0 Å². The van der Waals surface area contributed by atoms with Crippen LogP contribution in [0.15, 0.2) is 89.5 Å². The van der Waals surface area contributed by atoms with Gasteiger partial charge in [-0.2, -0.15) is 0 Å². The second-order valence-corrected chi connectivity index (χ2v) is 5.22. The van der Waals surface area contributed by atoms with E-state index in [9.17, 15) is 0 Å². The smallest absolute Gasteiger partial charge is 0.136 e. The molecular weight excluding hydrogens is 270 g/mol. The van der Waals surface area contributed by atoms with Crippen molar-refractivity contribution in [2.24, 2.45) is 0 Å². The Kier molecular flexibility index (Phi) is 3.13. The van der Waals surface area contributed by atoms with Crippen LogP contribution < -0.4 is 5.32 Å². The molecule has 0 unspecified atom stereocenters. The Hall–Kier alpha value is -3.00. The predicted octanol–water partition coefficient (Wildman–Crippen LogP) is 5.84. The number of benzene rings is 3. The van der Waals surface area contributed by atoms with E-state index in [1.807, 2.05) is 24.3 Å². The summed E-state index contributed by atoms with van der Waals surface area (Å²) in [5, 5.41) is 4.53. The molecule has 1 heterocycles. The van der Waals surface area contributed by atoms with Gasteiger partial charge >= 0.3 is 0 Å². The second-order valence-electron chi connectivity index (χ2n) is 5.22. The molecule has 0 radical (unpaired) electrons. The third kappa shape index (κ3) is 2.35. The van der Waals surface area contributed by atoms with Crippen molar-refractivity contribution in [2.75, 3.05) is 5.32 Å². The molecule has 0 saturated heterocycles. The third-order valence-electron chi connectivity index (χ3n) is 3.73. The Labute approximate surface area is 129 Å². The lowest BCUT2D eigenvalue weighted by Gasteiger charge is -2.07. The highest BCUT2D eigenvalue weighted by atomic mass is 16.3. The van der Waals surface area contributed by atoms with Crippen molar-refractivity contribution >= 4 is 22.3 Å². The molecule has 22 heavy (non-hydrogen) atoms. The van der Waals surface area contributed by atoms with Gasteiger partial charge in [-0.15, -0.1) is 0 Å². The summed E-state index contributed by atoms with van der Waals surface area (Å²) in [6, 6.07) is 26.8. The quantitative estimate of drug-likeness (QED) is 0.511. The Morgan fingerprint density at radius 1 is 0.682 bits per heavy atom. The fraction of sp³-hybridized carbons (Fsp3) is 0. The van der Waals surface area contributed by atoms with Crippen molar-refractivity contribution in [3.63, 3.8) is 0 Å². The van der Waals surface area contributed by atoms with E-state index >= 15 is 0 Å². The normalized spacial score (nSPS) is 10.7. The number of anilines is 2. The van der Waals surface area contributed by atoms with E-state index in [-0.39, 0.29) is 0 Å². The van der Waals surface area contributed by atoms with Gasteiger partial charge < -0.3 is 9.73 Å². The van der Waals surface area contributed by atoms with Gasteiger partial charge in [-0.3, -0.25) is 0 Å². The van der Waals surface area contributed by atoms with Crippen molar-refractivity contribution in [1.82, 2.24) is 0 Å². The van der Waals surface area contributed by atoms with Crippen LogP contribution in [-0.4, -0.2) is 0 Å². The molecule has 0 aliphatic heterocycles. The summed E-state index contributed by atoms with van der Waals surface area (Å²) in [6.45, 7) is 0. The summed E-state index contributed by atoms with van der Waals surface area (Å²) in [5.74, 6) is 0. The van der Waals surface area contributed by atoms with E-state index in [1.54, 1.807) is 6.26 Å². The molecule has 0 saturated carbocycles. The molecule has 0 amide bonds. The van der Waals surface area contributed by atoms with Gasteiger partial charge in [0, 0.05) is 11.1 Å². The highest BCUT2D eigenvalue weighted by Crippen LogP contribution is 2.30. The van der Waals surface area contributed by atoms with Crippen molar-refractivity contribution in [3.05, 3.63) is 85.1 Å². The molecule has 0 spiro atoms. The molecule has 4 aromatic rings. The summed E-state index contributed by atoms with van der Waals surface area (Å²) in [5.41, 5.74) is 5.33. The van der Waals surface area contributed by atoms with Crippen LogP contribution in [0.2, 0.25) is 0 Å². The van der Waals surface area contributed by atoms with Gasteiger partial charge in [0.05, 0.1) is 5.69 Å². The highest BCUT2D eigenvalue weighted by molar-refractivity contribution is 5.92. The lowest BCUT2D eigenvalue weighted by molar-refractivity contribution is 0.617. The van der Waals surface area contributed by atoms with Crippen molar-refractivity contribution in [1.29, 1.82) is 0 Å². The molecular formula is C20H15NO. The van der Waals surface area contributed by atoms with Crippen LogP contribution in [0.3, 0.4) is 0 Å². The number of hydrogen-bond acceptors (Lipinski definition) is 2. The van der Waals surface area contributed by atoms with Crippen LogP contribution in [0.25, 0.3) is 22.1 Å². The molecule has 2 nitrogen and oxygen atoms in total. The van der Waals surface area contributed by atoms with E-state index in [4.69, 9.17) is 4.42 Å². The van der Waals surface area contributed by atoms with Gasteiger partial charge in [-0.1, -0.05) is 54.6 Å². The SMILES string of the molecule is c1ccc(-c2cccc(Nc3coc4ccccc34)c2)cc1. The summed E-state index contributed by atoms with van der Waals surface area (Å²) in [7, 11) is 0. The zero-order chi connectivity index (χ0) is 14.8. The summed E-state index contributed by atoms with van der Waals surface area (Å²) < 4.78 is 5.57. The Morgan fingerprint density at radius 2 is 1.45 bits per heavy atom. The van der Waals surface area contributed by atoms with E-state index in [0.29, 0.717) is 0 Å². The Bertz CT molecular complexity index is 909. The number of fused-ring (bicyclic) bond motifs is 1. The van der Waals surface area contributed by atoms with Gasteiger partial charge in [-0.05, 0) is 35.4 Å². The van der Waals surface area contributed by atoms with Crippen LogP contribution in [0.5, 0.6) is 0 Å². The van der Waals surface area contributed by atoms with E-state index in [2.05, 4.69) is 59.9 Å². The molecule has 0 atom stereocenters. The lowest BCUT2D eigenvalue weighted by atomic mass is 10.1. The summed E-state index contributed by atoms with van der Waals surface area (Å²) in [4.78, 5) is 0. The van der Waals surface area contributed by atoms with Gasteiger partial charge in [0.15, 0.2) is 0 Å². The molecule has 0 bridgehead atoms. The van der Waals surface area contributed by atoms with Crippen LogP contribution in [-0.2, 0) is 0 Å². The Morgan fingerprint density at radius 3 is 2.36 bits per heavy atom. The van der Waals surface area contributed by atoms with Gasteiger partial charge in [0.2, 0.25) is 0 Å². The van der Waals surface area contributed by atoms with Crippen LogP contribution >= 0.6 is 0 Å². The van der Waals surface area contributed by atoms with Crippen molar-refractivity contribution < 1.29 is 4.42 Å². The molecule has 1 aromatic heterocycles.